The number of hydrogen-bond acceptors (Lipinski definition) is 2. The van der Waals surface area contributed by atoms with Gasteiger partial charge >= 0.3 is 0 Å². The summed E-state index contributed by atoms with van der Waals surface area (Å²) in [5, 5.41) is 15.1. The summed E-state index contributed by atoms with van der Waals surface area (Å²) in [4.78, 5) is 0. The van der Waals surface area contributed by atoms with Crippen LogP contribution in [0.3, 0.4) is 0 Å². The third-order valence-electron chi connectivity index (χ3n) is 4.09. The van der Waals surface area contributed by atoms with Crippen molar-refractivity contribution >= 4 is 0 Å². The van der Waals surface area contributed by atoms with Crippen molar-refractivity contribution in [2.75, 3.05) is 0 Å². The van der Waals surface area contributed by atoms with Crippen LogP contribution >= 0.6 is 0 Å². The molecule has 0 aromatic carbocycles. The topological polar surface area (TPSA) is 38.0 Å². The Labute approximate surface area is 110 Å². The average Bonchev–Trinajstić information content (AvgIpc) is 2.65. The SMILES string of the molecule is CCc1cc(CC(C)(O)CC2CCC2)n(CC)n1. The minimum absolute atomic E-state index is 0.580. The molecule has 2 rings (SSSR count). The molecule has 3 nitrogen and oxygen atoms in total. The fraction of sp³-hybridized carbons (Fsp3) is 0.800. The van der Waals surface area contributed by atoms with Crippen LogP contribution < -0.4 is 0 Å². The lowest BCUT2D eigenvalue weighted by Gasteiger charge is -2.33. The van der Waals surface area contributed by atoms with Crippen LogP contribution in [0.5, 0.6) is 0 Å². The maximum Gasteiger partial charge on any atom is 0.0677 e. The quantitative estimate of drug-likeness (QED) is 0.843. The highest BCUT2D eigenvalue weighted by Gasteiger charge is 2.30. The number of hydrogen-bond donors (Lipinski definition) is 1. The average molecular weight is 250 g/mol. The molecule has 1 aliphatic carbocycles. The van der Waals surface area contributed by atoms with Gasteiger partial charge in [0.2, 0.25) is 0 Å². The smallest absolute Gasteiger partial charge is 0.0677 e. The largest absolute Gasteiger partial charge is 0.390 e. The van der Waals surface area contributed by atoms with Gasteiger partial charge in [-0.1, -0.05) is 26.2 Å². The minimum Gasteiger partial charge on any atom is -0.390 e. The fourth-order valence-corrected chi connectivity index (χ4v) is 2.89. The fourth-order valence-electron chi connectivity index (χ4n) is 2.89. The molecule has 1 atom stereocenters. The molecule has 0 aliphatic heterocycles. The number of aromatic nitrogens is 2. The van der Waals surface area contributed by atoms with E-state index in [1.165, 1.54) is 25.0 Å². The minimum atomic E-state index is -0.580. The van der Waals surface area contributed by atoms with E-state index >= 15 is 0 Å². The van der Waals surface area contributed by atoms with Crippen molar-refractivity contribution in [2.24, 2.45) is 5.92 Å². The monoisotopic (exact) mass is 250 g/mol. The normalized spacial score (nSPS) is 19.6. The second-order valence-corrected chi connectivity index (χ2v) is 5.97. The number of aliphatic hydroxyl groups is 1. The zero-order valence-electron chi connectivity index (χ0n) is 11.9. The van der Waals surface area contributed by atoms with Crippen LogP contribution in [0.1, 0.15) is 57.8 Å². The van der Waals surface area contributed by atoms with Gasteiger partial charge in [0.15, 0.2) is 0 Å². The molecule has 0 amide bonds. The van der Waals surface area contributed by atoms with Crippen LogP contribution in [0, 0.1) is 5.92 Å². The van der Waals surface area contributed by atoms with E-state index in [0.29, 0.717) is 0 Å². The van der Waals surface area contributed by atoms with Gasteiger partial charge in [-0.2, -0.15) is 5.10 Å². The van der Waals surface area contributed by atoms with Crippen LogP contribution in [-0.2, 0) is 19.4 Å². The Balaban J connectivity index is 2.03. The molecule has 1 heterocycles. The Bertz CT molecular complexity index is 391. The van der Waals surface area contributed by atoms with Crippen molar-refractivity contribution in [3.63, 3.8) is 0 Å². The van der Waals surface area contributed by atoms with Crippen LogP contribution in [0.25, 0.3) is 0 Å². The summed E-state index contributed by atoms with van der Waals surface area (Å²) in [6.45, 7) is 7.09. The van der Waals surface area contributed by atoms with E-state index < -0.39 is 5.60 Å². The van der Waals surface area contributed by atoms with Crippen molar-refractivity contribution in [3.05, 3.63) is 17.5 Å². The van der Waals surface area contributed by atoms with Crippen LogP contribution in [-0.4, -0.2) is 20.5 Å². The molecule has 0 bridgehead atoms. The van der Waals surface area contributed by atoms with Crippen molar-refractivity contribution in [3.8, 4) is 0 Å². The zero-order valence-corrected chi connectivity index (χ0v) is 11.9. The van der Waals surface area contributed by atoms with E-state index in [1.54, 1.807) is 0 Å². The standard InChI is InChI=1S/C15H26N2O/c1-4-13-9-14(17(5-2)16-13)11-15(3,18)10-12-7-6-8-12/h9,12,18H,4-8,10-11H2,1-3H3. The number of rotatable bonds is 6. The van der Waals surface area contributed by atoms with Gasteiger partial charge in [-0.3, -0.25) is 4.68 Å². The molecule has 0 saturated heterocycles. The number of aryl methyl sites for hydroxylation is 2. The van der Waals surface area contributed by atoms with Gasteiger partial charge in [0.1, 0.15) is 0 Å². The highest BCUT2D eigenvalue weighted by molar-refractivity contribution is 5.13. The summed E-state index contributed by atoms with van der Waals surface area (Å²) < 4.78 is 2.04. The molecule has 1 fully saturated rings. The summed E-state index contributed by atoms with van der Waals surface area (Å²) in [6.07, 6.45) is 6.55. The number of nitrogens with zero attached hydrogens (tertiary/aromatic N) is 2. The Hall–Kier alpha value is -0.830. The molecule has 1 aromatic rings. The molecule has 3 heteroatoms. The Morgan fingerprint density at radius 3 is 2.67 bits per heavy atom. The van der Waals surface area contributed by atoms with E-state index in [1.807, 2.05) is 11.6 Å². The van der Waals surface area contributed by atoms with E-state index in [2.05, 4.69) is 25.0 Å². The van der Waals surface area contributed by atoms with Gasteiger partial charge < -0.3 is 5.11 Å². The first-order chi connectivity index (χ1) is 8.54. The van der Waals surface area contributed by atoms with Crippen molar-refractivity contribution in [2.45, 2.75) is 71.4 Å². The second-order valence-electron chi connectivity index (χ2n) is 5.97. The third kappa shape index (κ3) is 3.14. The van der Waals surface area contributed by atoms with E-state index in [9.17, 15) is 5.11 Å². The summed E-state index contributed by atoms with van der Waals surface area (Å²) in [7, 11) is 0. The van der Waals surface area contributed by atoms with Crippen LogP contribution in [0.2, 0.25) is 0 Å². The van der Waals surface area contributed by atoms with Gasteiger partial charge in [0.05, 0.1) is 11.3 Å². The first kappa shape index (κ1) is 13.6. The molecular formula is C15H26N2O. The third-order valence-corrected chi connectivity index (χ3v) is 4.09. The highest BCUT2D eigenvalue weighted by atomic mass is 16.3. The first-order valence-corrected chi connectivity index (χ1v) is 7.32. The molecular weight excluding hydrogens is 224 g/mol. The lowest BCUT2D eigenvalue weighted by atomic mass is 9.76. The van der Waals surface area contributed by atoms with Crippen molar-refractivity contribution in [1.29, 1.82) is 0 Å². The van der Waals surface area contributed by atoms with Crippen LogP contribution in [0.4, 0.5) is 0 Å². The van der Waals surface area contributed by atoms with Gasteiger partial charge in [0.25, 0.3) is 0 Å². The second kappa shape index (κ2) is 5.43. The predicted molar refractivity (Wildman–Crippen MR) is 73.6 cm³/mol. The van der Waals surface area contributed by atoms with Gasteiger partial charge in [0, 0.05) is 18.7 Å². The van der Waals surface area contributed by atoms with E-state index in [-0.39, 0.29) is 0 Å². The lowest BCUT2D eigenvalue weighted by molar-refractivity contribution is 0.0187. The van der Waals surface area contributed by atoms with Gasteiger partial charge in [-0.05, 0) is 38.7 Å². The molecule has 1 saturated carbocycles. The molecule has 1 N–H and O–H groups in total. The summed E-state index contributed by atoms with van der Waals surface area (Å²) in [6, 6.07) is 2.15. The maximum atomic E-state index is 10.6. The molecule has 0 spiro atoms. The van der Waals surface area contributed by atoms with Gasteiger partial charge in [-0.25, -0.2) is 0 Å². The highest BCUT2D eigenvalue weighted by Crippen LogP contribution is 2.34. The maximum absolute atomic E-state index is 10.6. The molecule has 1 unspecified atom stereocenters. The molecule has 18 heavy (non-hydrogen) atoms. The zero-order chi connectivity index (χ0) is 13.2. The summed E-state index contributed by atoms with van der Waals surface area (Å²) in [5.74, 6) is 0.739. The summed E-state index contributed by atoms with van der Waals surface area (Å²) in [5.41, 5.74) is 1.73. The Morgan fingerprint density at radius 1 is 1.44 bits per heavy atom. The molecule has 102 valence electrons. The first-order valence-electron chi connectivity index (χ1n) is 7.32. The van der Waals surface area contributed by atoms with Crippen molar-refractivity contribution in [1.82, 2.24) is 9.78 Å². The molecule has 1 aliphatic rings. The van der Waals surface area contributed by atoms with Crippen LogP contribution in [0.15, 0.2) is 6.07 Å². The molecule has 0 radical (unpaired) electrons. The lowest BCUT2D eigenvalue weighted by Crippen LogP contribution is -2.33. The Kier molecular flexibility index (Phi) is 4.10. The molecule has 1 aromatic heterocycles. The van der Waals surface area contributed by atoms with E-state index in [4.69, 9.17) is 0 Å². The van der Waals surface area contributed by atoms with E-state index in [0.717, 1.165) is 37.4 Å². The Morgan fingerprint density at radius 2 is 2.17 bits per heavy atom. The van der Waals surface area contributed by atoms with Crippen molar-refractivity contribution < 1.29 is 5.11 Å². The summed E-state index contributed by atoms with van der Waals surface area (Å²) >= 11 is 0. The predicted octanol–water partition coefficient (Wildman–Crippen LogP) is 2.95. The van der Waals surface area contributed by atoms with Gasteiger partial charge in [-0.15, -0.1) is 0 Å².